The van der Waals surface area contributed by atoms with Crippen molar-refractivity contribution in [3.05, 3.63) is 77.0 Å². The highest BCUT2D eigenvalue weighted by Crippen LogP contribution is 2.67. The van der Waals surface area contributed by atoms with Gasteiger partial charge < -0.3 is 0 Å². The van der Waals surface area contributed by atoms with E-state index in [1.165, 1.54) is 9.87 Å². The summed E-state index contributed by atoms with van der Waals surface area (Å²) in [4.78, 5) is 0.343. The molecule has 1 heterocycles. The van der Waals surface area contributed by atoms with E-state index in [-0.39, 0.29) is 5.41 Å². The molecular weight excluding hydrogens is 354 g/mol. The average molecular weight is 374 g/mol. The molecule has 0 aromatic heterocycles. The van der Waals surface area contributed by atoms with E-state index >= 15 is 0 Å². The Morgan fingerprint density at radius 3 is 2.36 bits per heavy atom. The predicted octanol–water partition coefficient (Wildman–Crippen LogP) is 4.59. The van der Waals surface area contributed by atoms with Crippen LogP contribution < -0.4 is 0 Å². The van der Waals surface area contributed by atoms with Crippen LogP contribution in [0.25, 0.3) is 0 Å². The summed E-state index contributed by atoms with van der Waals surface area (Å²) in [6, 6.07) is 14.9. The molecule has 5 heteroatoms. The van der Waals surface area contributed by atoms with Gasteiger partial charge in [-0.3, -0.25) is 4.31 Å². The van der Waals surface area contributed by atoms with Gasteiger partial charge in [-0.1, -0.05) is 54.4 Å². The van der Waals surface area contributed by atoms with Crippen molar-refractivity contribution in [1.82, 2.24) is 4.31 Å². The van der Waals surface area contributed by atoms with E-state index in [1.54, 1.807) is 18.3 Å². The van der Waals surface area contributed by atoms with E-state index in [1.807, 2.05) is 49.4 Å². The van der Waals surface area contributed by atoms with Crippen LogP contribution in [0.3, 0.4) is 0 Å². The van der Waals surface area contributed by atoms with Crippen molar-refractivity contribution < 1.29 is 8.42 Å². The molecule has 0 N–H and O–H groups in total. The van der Waals surface area contributed by atoms with Gasteiger partial charge in [0.25, 0.3) is 10.0 Å². The van der Waals surface area contributed by atoms with Gasteiger partial charge in [-0.2, -0.15) is 0 Å². The summed E-state index contributed by atoms with van der Waals surface area (Å²) in [7, 11) is -3.50. The molecule has 0 spiro atoms. The maximum absolute atomic E-state index is 12.9. The lowest BCUT2D eigenvalue weighted by Gasteiger charge is -2.25. The van der Waals surface area contributed by atoms with Crippen molar-refractivity contribution in [2.45, 2.75) is 24.7 Å². The zero-order valence-corrected chi connectivity index (χ0v) is 15.8. The number of allylic oxidation sites excluding steroid dienone is 1. The number of hydrogen-bond donors (Lipinski definition) is 0. The molecule has 0 amide bonds. The van der Waals surface area contributed by atoms with Crippen molar-refractivity contribution in [3.8, 4) is 0 Å². The molecule has 0 bridgehead atoms. The molecule has 2 aliphatic rings. The zero-order chi connectivity index (χ0) is 17.8. The van der Waals surface area contributed by atoms with E-state index in [4.69, 9.17) is 11.6 Å². The Balaban J connectivity index is 1.60. The Morgan fingerprint density at radius 1 is 1.08 bits per heavy atom. The van der Waals surface area contributed by atoms with Crippen LogP contribution in [0.2, 0.25) is 5.02 Å². The summed E-state index contributed by atoms with van der Waals surface area (Å²) >= 11 is 5.98. The molecule has 130 valence electrons. The van der Waals surface area contributed by atoms with Gasteiger partial charge >= 0.3 is 0 Å². The van der Waals surface area contributed by atoms with Crippen molar-refractivity contribution in [3.63, 3.8) is 0 Å². The Morgan fingerprint density at radius 2 is 1.72 bits per heavy atom. The van der Waals surface area contributed by atoms with Gasteiger partial charge in [-0.25, -0.2) is 8.42 Å². The lowest BCUT2D eigenvalue weighted by Crippen LogP contribution is -2.31. The Hall–Kier alpha value is -1.78. The third kappa shape index (κ3) is 2.68. The standard InChI is InChI=1S/C20H20ClNO2S/c1-14-3-9-17(10-4-14)25(23,24)22-12-11-20(2)18(13-22)19(20)15-5-7-16(21)8-6-15/h3-12,18-19H,13H2,1-2H3. The monoisotopic (exact) mass is 373 g/mol. The number of fused-ring (bicyclic) bond motifs is 1. The smallest absolute Gasteiger partial charge is 0.263 e. The molecule has 3 unspecified atom stereocenters. The Labute approximate surface area is 154 Å². The molecule has 1 saturated carbocycles. The van der Waals surface area contributed by atoms with Gasteiger partial charge in [0.2, 0.25) is 0 Å². The number of hydrogen-bond acceptors (Lipinski definition) is 2. The minimum atomic E-state index is -3.50. The van der Waals surface area contributed by atoms with Gasteiger partial charge in [0, 0.05) is 17.8 Å². The van der Waals surface area contributed by atoms with E-state index in [2.05, 4.69) is 6.92 Å². The van der Waals surface area contributed by atoms with Crippen LogP contribution in [0.5, 0.6) is 0 Å². The van der Waals surface area contributed by atoms with E-state index < -0.39 is 10.0 Å². The number of halogens is 1. The van der Waals surface area contributed by atoms with Crippen LogP contribution in [-0.4, -0.2) is 19.3 Å². The van der Waals surface area contributed by atoms with Gasteiger partial charge in [-0.05, 0) is 54.0 Å². The van der Waals surface area contributed by atoms with Crippen LogP contribution in [0.15, 0.2) is 65.7 Å². The van der Waals surface area contributed by atoms with Crippen molar-refractivity contribution in [2.75, 3.05) is 6.54 Å². The van der Waals surface area contributed by atoms with Gasteiger partial charge in [0.15, 0.2) is 0 Å². The third-order valence-corrected chi connectivity index (χ3v) is 7.60. The summed E-state index contributed by atoms with van der Waals surface area (Å²) < 4.78 is 27.3. The molecule has 3 nitrogen and oxygen atoms in total. The predicted molar refractivity (Wildman–Crippen MR) is 100 cm³/mol. The lowest BCUT2D eigenvalue weighted by atomic mass is 10.0. The zero-order valence-electron chi connectivity index (χ0n) is 14.2. The van der Waals surface area contributed by atoms with E-state index in [0.717, 1.165) is 10.6 Å². The normalized spacial score (nSPS) is 27.9. The molecule has 2 aromatic rings. The quantitative estimate of drug-likeness (QED) is 0.789. The maximum Gasteiger partial charge on any atom is 0.263 e. The molecule has 2 aromatic carbocycles. The van der Waals surface area contributed by atoms with Crippen LogP contribution >= 0.6 is 11.6 Å². The minimum Gasteiger partial charge on any atom is -0.273 e. The van der Waals surface area contributed by atoms with E-state index in [9.17, 15) is 8.42 Å². The van der Waals surface area contributed by atoms with Crippen LogP contribution in [0.4, 0.5) is 0 Å². The first kappa shape index (κ1) is 16.7. The fourth-order valence-corrected chi connectivity index (χ4v) is 5.39. The number of benzene rings is 2. The highest BCUT2D eigenvalue weighted by atomic mass is 35.5. The van der Waals surface area contributed by atoms with Crippen LogP contribution in [-0.2, 0) is 10.0 Å². The summed E-state index contributed by atoms with van der Waals surface area (Å²) in [5.74, 6) is 0.623. The third-order valence-electron chi connectivity index (χ3n) is 5.60. The van der Waals surface area contributed by atoms with Gasteiger partial charge in [0.05, 0.1) is 4.90 Å². The highest BCUT2D eigenvalue weighted by molar-refractivity contribution is 7.89. The average Bonchev–Trinajstić information content (AvgIpc) is 3.20. The maximum atomic E-state index is 12.9. The van der Waals surface area contributed by atoms with Crippen molar-refractivity contribution >= 4 is 21.6 Å². The molecule has 1 aliphatic heterocycles. The Kier molecular flexibility index (Phi) is 3.74. The molecule has 0 saturated heterocycles. The summed E-state index contributed by atoms with van der Waals surface area (Å²) in [6.45, 7) is 4.66. The second kappa shape index (κ2) is 5.61. The number of sulfonamides is 1. The largest absolute Gasteiger partial charge is 0.273 e. The fraction of sp³-hybridized carbons (Fsp3) is 0.300. The lowest BCUT2D eigenvalue weighted by molar-refractivity contribution is 0.432. The first-order valence-electron chi connectivity index (χ1n) is 8.36. The van der Waals surface area contributed by atoms with Gasteiger partial charge in [0.1, 0.15) is 0 Å². The molecule has 1 aliphatic carbocycles. The second-order valence-electron chi connectivity index (χ2n) is 7.21. The second-order valence-corrected chi connectivity index (χ2v) is 9.53. The Bertz CT molecular complexity index is 935. The molecule has 3 atom stereocenters. The molecule has 25 heavy (non-hydrogen) atoms. The molecule has 0 radical (unpaired) electrons. The number of rotatable bonds is 3. The highest BCUT2D eigenvalue weighted by Gasteiger charge is 2.62. The topological polar surface area (TPSA) is 37.4 Å². The summed E-state index contributed by atoms with van der Waals surface area (Å²) in [5, 5.41) is 0.719. The van der Waals surface area contributed by atoms with Crippen molar-refractivity contribution in [2.24, 2.45) is 11.3 Å². The first-order chi connectivity index (χ1) is 11.8. The minimum absolute atomic E-state index is 0.0210. The summed E-state index contributed by atoms with van der Waals surface area (Å²) in [5.41, 5.74) is 2.29. The molecule has 1 fully saturated rings. The summed E-state index contributed by atoms with van der Waals surface area (Å²) in [6.07, 6.45) is 3.79. The van der Waals surface area contributed by atoms with Gasteiger partial charge in [-0.15, -0.1) is 0 Å². The van der Waals surface area contributed by atoms with Crippen LogP contribution in [0.1, 0.15) is 24.0 Å². The molecule has 4 rings (SSSR count). The number of aryl methyl sites for hydroxylation is 1. The fourth-order valence-electron chi connectivity index (χ4n) is 3.94. The van der Waals surface area contributed by atoms with E-state index in [0.29, 0.717) is 23.3 Å². The first-order valence-corrected chi connectivity index (χ1v) is 10.2. The molecular formula is C20H20ClNO2S. The van der Waals surface area contributed by atoms with Crippen molar-refractivity contribution in [1.29, 1.82) is 0 Å². The van der Waals surface area contributed by atoms with Crippen LogP contribution in [0, 0.1) is 18.3 Å². The SMILES string of the molecule is Cc1ccc(S(=O)(=O)N2C=CC3(C)C(C2)C3c2ccc(Cl)cc2)cc1. The number of nitrogens with zero attached hydrogens (tertiary/aromatic N) is 1.